The van der Waals surface area contributed by atoms with E-state index in [0.29, 0.717) is 73.6 Å². The predicted molar refractivity (Wildman–Crippen MR) is 349 cm³/mol. The SMILES string of the molecule is C[C@@H]([C@H](c1ccccc1)C1C(=O)OC2(CCCCC2)OC1=O)[N+](=O)[O-].C[C@@H]([C@H](c1ccccc1)C1C(=O)OC2(CCCCC2)OC1=O)[N+](=O)[O-].C[C@@H]([C@H](c1ccccc1)C1C(=O)OC2(CCCCC2)OC1=O)[N+](=O)[O-].C[C@@H]([C@H](c1ccccc1)C1C(=O)OC2(CCCCC2)OC1=O)[N+](=O)[O-]. The summed E-state index contributed by atoms with van der Waals surface area (Å²) in [5, 5.41) is 45.5. The van der Waals surface area contributed by atoms with Gasteiger partial charge in [0.2, 0.25) is 24.2 Å². The average molecular weight is 1390 g/mol. The number of esters is 8. The molecule has 4 aliphatic carbocycles. The van der Waals surface area contributed by atoms with Crippen molar-refractivity contribution in [1.29, 1.82) is 0 Å². The Balaban J connectivity index is 0.000000156. The number of carbonyl (C=O) groups excluding carboxylic acids is 8. The maximum atomic E-state index is 12.7. The fourth-order valence-corrected chi connectivity index (χ4v) is 15.0. The Morgan fingerprint density at radius 2 is 0.410 bits per heavy atom. The van der Waals surface area contributed by atoms with Crippen molar-refractivity contribution in [2.45, 2.75) is 227 Å². The van der Waals surface area contributed by atoms with Crippen LogP contribution >= 0.6 is 0 Å². The quantitative estimate of drug-likeness (QED) is 0.0330. The third-order valence-electron chi connectivity index (χ3n) is 20.4. The monoisotopic (exact) mass is 1390 g/mol. The van der Waals surface area contributed by atoms with Crippen LogP contribution in [0.4, 0.5) is 0 Å². The van der Waals surface area contributed by atoms with Crippen molar-refractivity contribution in [2.24, 2.45) is 23.7 Å². The Hall–Kier alpha value is -9.76. The number of nitro groups is 4. The van der Waals surface area contributed by atoms with Gasteiger partial charge in [0.15, 0.2) is 23.7 Å². The highest BCUT2D eigenvalue weighted by atomic mass is 16.8. The lowest BCUT2D eigenvalue weighted by molar-refractivity contribution is -0.523. The highest BCUT2D eigenvalue weighted by molar-refractivity contribution is 6.00. The molecule has 0 unspecified atom stereocenters. The fraction of sp³-hybridized carbons (Fsp3) is 0.556. The summed E-state index contributed by atoms with van der Waals surface area (Å²) >= 11 is 0. The maximum Gasteiger partial charge on any atom is 0.324 e. The van der Waals surface area contributed by atoms with E-state index in [2.05, 4.69) is 0 Å². The molecule has 0 N–H and O–H groups in total. The van der Waals surface area contributed by atoms with Crippen molar-refractivity contribution in [3.05, 3.63) is 184 Å². The summed E-state index contributed by atoms with van der Waals surface area (Å²) in [5.74, 6) is -19.5. The highest BCUT2D eigenvalue weighted by Gasteiger charge is 2.59. The summed E-state index contributed by atoms with van der Waals surface area (Å²) in [5.41, 5.74) is 2.19. The lowest BCUT2D eigenvalue weighted by Gasteiger charge is -2.42. The summed E-state index contributed by atoms with van der Waals surface area (Å²) in [6, 6.07) is 29.7. The zero-order chi connectivity index (χ0) is 72.1. The normalized spacial score (nSPS) is 24.4. The smallest absolute Gasteiger partial charge is 0.324 e. The average Bonchev–Trinajstić information content (AvgIpc) is 0.786. The molecule has 0 aromatic heterocycles. The third kappa shape index (κ3) is 17.1. The summed E-state index contributed by atoms with van der Waals surface area (Å²) in [6.45, 7) is 5.57. The van der Waals surface area contributed by atoms with Gasteiger partial charge in [-0.15, -0.1) is 0 Å². The molecule has 4 spiro atoms. The minimum Gasteiger partial charge on any atom is -0.422 e. The van der Waals surface area contributed by atoms with Crippen molar-refractivity contribution in [3.8, 4) is 0 Å². The Bertz CT molecular complexity index is 3060. The first-order chi connectivity index (χ1) is 47.7. The molecule has 12 rings (SSSR count). The van der Waals surface area contributed by atoms with Gasteiger partial charge in [-0.3, -0.25) is 78.8 Å². The van der Waals surface area contributed by atoms with Crippen molar-refractivity contribution >= 4 is 47.8 Å². The van der Waals surface area contributed by atoms with Gasteiger partial charge in [-0.25, -0.2) is 0 Å². The number of benzene rings is 4. The fourth-order valence-electron chi connectivity index (χ4n) is 15.0. The molecule has 4 saturated heterocycles. The molecule has 0 bridgehead atoms. The van der Waals surface area contributed by atoms with Crippen molar-refractivity contribution in [1.82, 2.24) is 0 Å². The number of carbonyl (C=O) groups is 8. The second-order valence-electron chi connectivity index (χ2n) is 27.0. The number of nitrogens with zero attached hydrogens (tertiary/aromatic N) is 4. The molecule has 4 aromatic carbocycles. The van der Waals surface area contributed by atoms with Gasteiger partial charge in [0.1, 0.15) is 0 Å². The first kappa shape index (κ1) is 74.5. The van der Waals surface area contributed by atoms with Crippen LogP contribution in [-0.2, 0) is 76.3 Å². The Kier molecular flexibility index (Phi) is 24.2. The van der Waals surface area contributed by atoms with Crippen LogP contribution in [0.15, 0.2) is 121 Å². The van der Waals surface area contributed by atoms with Crippen LogP contribution in [-0.4, -0.2) is 115 Å². The number of rotatable bonds is 16. The molecule has 28 heteroatoms. The molecule has 4 aromatic rings. The largest absolute Gasteiger partial charge is 0.422 e. The van der Waals surface area contributed by atoms with Crippen molar-refractivity contribution in [2.75, 3.05) is 0 Å². The van der Waals surface area contributed by atoms with E-state index in [1.54, 1.807) is 121 Å². The van der Waals surface area contributed by atoms with E-state index < -0.39 is 162 Å². The van der Waals surface area contributed by atoms with E-state index in [9.17, 15) is 78.8 Å². The molecule has 0 amide bonds. The van der Waals surface area contributed by atoms with Crippen LogP contribution in [0.5, 0.6) is 0 Å². The lowest BCUT2D eigenvalue weighted by atomic mass is 9.80. The van der Waals surface area contributed by atoms with Crippen LogP contribution < -0.4 is 0 Å². The van der Waals surface area contributed by atoms with Gasteiger partial charge in [-0.1, -0.05) is 147 Å². The van der Waals surface area contributed by atoms with E-state index in [1.807, 2.05) is 0 Å². The van der Waals surface area contributed by atoms with E-state index in [4.69, 9.17) is 37.9 Å². The Morgan fingerprint density at radius 3 is 0.540 bits per heavy atom. The standard InChI is InChI=1S/4C18H21NO6/c4*1-12(19(22)23)14(13-8-4-2-5-9-13)15-16(20)24-18(25-17(15)21)10-6-3-7-11-18/h4*2,4-5,8-9,12,14-15H,3,6-7,10-11H2,1H3/t4*12-,14+/m0000/s1. The van der Waals surface area contributed by atoms with E-state index in [1.165, 1.54) is 27.7 Å². The molecule has 8 atom stereocenters. The number of hydrogen-bond acceptors (Lipinski definition) is 24. The maximum absolute atomic E-state index is 12.7. The van der Waals surface area contributed by atoms with Gasteiger partial charge in [0.25, 0.3) is 23.1 Å². The Labute approximate surface area is 576 Å². The Morgan fingerprint density at radius 1 is 0.270 bits per heavy atom. The van der Waals surface area contributed by atoms with Crippen LogP contribution in [0, 0.1) is 64.1 Å². The molecule has 536 valence electrons. The van der Waals surface area contributed by atoms with Crippen molar-refractivity contribution in [3.63, 3.8) is 0 Å². The minimum atomic E-state index is -1.32. The number of ether oxygens (including phenoxy) is 8. The second-order valence-corrected chi connectivity index (χ2v) is 27.0. The molecular weight excluding hydrogens is 1300 g/mol. The predicted octanol–water partition coefficient (Wildman–Crippen LogP) is 11.2. The topological polar surface area (TPSA) is 383 Å². The van der Waals surface area contributed by atoms with Crippen LogP contribution in [0.2, 0.25) is 0 Å². The third-order valence-corrected chi connectivity index (χ3v) is 20.4. The van der Waals surface area contributed by atoms with E-state index in [-0.39, 0.29) is 0 Å². The second kappa shape index (κ2) is 32.5. The van der Waals surface area contributed by atoms with Gasteiger partial charge in [-0.05, 0) is 73.6 Å². The first-order valence-electron chi connectivity index (χ1n) is 34.3. The molecule has 100 heavy (non-hydrogen) atoms. The summed E-state index contributed by atoms with van der Waals surface area (Å²) in [7, 11) is 0. The summed E-state index contributed by atoms with van der Waals surface area (Å²) < 4.78 is 44.2. The van der Waals surface area contributed by atoms with Gasteiger partial charge in [-0.2, -0.15) is 0 Å². The summed E-state index contributed by atoms with van der Waals surface area (Å²) in [4.78, 5) is 145. The zero-order valence-electron chi connectivity index (χ0n) is 56.2. The number of hydrogen-bond donors (Lipinski definition) is 0. The first-order valence-corrected chi connectivity index (χ1v) is 34.3. The molecule has 28 nitrogen and oxygen atoms in total. The molecule has 8 fully saturated rings. The lowest BCUT2D eigenvalue weighted by Crippen LogP contribution is -2.53. The zero-order valence-corrected chi connectivity index (χ0v) is 56.2. The van der Waals surface area contributed by atoms with Crippen LogP contribution in [0.3, 0.4) is 0 Å². The minimum absolute atomic E-state index is 0.483. The molecule has 0 radical (unpaired) electrons. The van der Waals surface area contributed by atoms with Crippen molar-refractivity contribution < 1.29 is 95.9 Å². The molecule has 4 aliphatic heterocycles. The van der Waals surface area contributed by atoms with Gasteiger partial charge < -0.3 is 37.9 Å². The van der Waals surface area contributed by atoms with Crippen LogP contribution in [0.1, 0.15) is 202 Å². The van der Waals surface area contributed by atoms with E-state index >= 15 is 0 Å². The van der Waals surface area contributed by atoms with E-state index in [0.717, 1.165) is 77.0 Å². The van der Waals surface area contributed by atoms with Crippen LogP contribution in [0.25, 0.3) is 0 Å². The van der Waals surface area contributed by atoms with Gasteiger partial charge >= 0.3 is 47.8 Å². The summed E-state index contributed by atoms with van der Waals surface area (Å²) in [6.07, 6.45) is 14.4. The molecule has 8 aliphatic rings. The molecule has 4 saturated carbocycles. The molecular formula is C72H84N4O24. The van der Waals surface area contributed by atoms with Gasteiger partial charge in [0, 0.05) is 98.8 Å². The highest BCUT2D eigenvalue weighted by Crippen LogP contribution is 2.47. The molecule has 4 heterocycles. The van der Waals surface area contributed by atoms with Gasteiger partial charge in [0.05, 0.1) is 23.7 Å².